The average molecular weight is 327 g/mol. The van der Waals surface area contributed by atoms with Crippen LogP contribution in [-0.2, 0) is 14.3 Å². The predicted octanol–water partition coefficient (Wildman–Crippen LogP) is 2.40. The van der Waals surface area contributed by atoms with Crippen LogP contribution in [0.4, 0.5) is 5.69 Å². The Morgan fingerprint density at radius 1 is 1.38 bits per heavy atom. The zero-order valence-corrected chi connectivity index (χ0v) is 14.3. The Labute approximate surface area is 141 Å². The molecule has 6 heteroatoms. The molecule has 0 amide bonds. The molecule has 0 saturated heterocycles. The van der Waals surface area contributed by atoms with Gasteiger partial charge in [-0.25, -0.2) is 4.79 Å². The third-order valence-corrected chi connectivity index (χ3v) is 3.84. The van der Waals surface area contributed by atoms with E-state index in [0.717, 1.165) is 11.3 Å². The quantitative estimate of drug-likeness (QED) is 0.854. The van der Waals surface area contributed by atoms with Crippen molar-refractivity contribution < 1.29 is 14.3 Å². The van der Waals surface area contributed by atoms with Crippen LogP contribution in [0.2, 0.25) is 0 Å². The molecular formula is C18H21N3O3. The van der Waals surface area contributed by atoms with Crippen molar-refractivity contribution in [3.8, 4) is 6.07 Å². The Morgan fingerprint density at radius 3 is 2.50 bits per heavy atom. The first-order valence-corrected chi connectivity index (χ1v) is 7.63. The number of nitrogens with zero attached hydrogens (tertiary/aromatic N) is 2. The number of esters is 1. The summed E-state index contributed by atoms with van der Waals surface area (Å²) >= 11 is 0. The fraction of sp³-hybridized carbons (Fsp3) is 0.333. The zero-order chi connectivity index (χ0) is 17.9. The fourth-order valence-electron chi connectivity index (χ4n) is 2.65. The Kier molecular flexibility index (Phi) is 5.14. The molecule has 1 aromatic rings. The highest BCUT2D eigenvalue weighted by Gasteiger charge is 2.36. The van der Waals surface area contributed by atoms with Crippen molar-refractivity contribution in [1.82, 2.24) is 0 Å². The van der Waals surface area contributed by atoms with Crippen molar-refractivity contribution in [1.29, 1.82) is 5.26 Å². The van der Waals surface area contributed by atoms with Crippen LogP contribution >= 0.6 is 0 Å². The van der Waals surface area contributed by atoms with Crippen LogP contribution < -0.4 is 10.6 Å². The van der Waals surface area contributed by atoms with Gasteiger partial charge in [0.15, 0.2) is 0 Å². The van der Waals surface area contributed by atoms with Crippen LogP contribution in [0, 0.1) is 11.3 Å². The molecule has 0 aliphatic carbocycles. The zero-order valence-electron chi connectivity index (χ0n) is 14.3. The molecule has 24 heavy (non-hydrogen) atoms. The van der Waals surface area contributed by atoms with Crippen LogP contribution in [0.15, 0.2) is 47.1 Å². The Balaban J connectivity index is 2.55. The summed E-state index contributed by atoms with van der Waals surface area (Å²) in [6.45, 7) is 3.62. The van der Waals surface area contributed by atoms with Crippen LogP contribution in [0.3, 0.4) is 0 Å². The third kappa shape index (κ3) is 3.20. The monoisotopic (exact) mass is 327 g/mol. The second kappa shape index (κ2) is 7.09. The van der Waals surface area contributed by atoms with E-state index in [2.05, 4.69) is 6.07 Å². The average Bonchev–Trinajstić information content (AvgIpc) is 2.54. The van der Waals surface area contributed by atoms with Crippen LogP contribution in [0.5, 0.6) is 0 Å². The minimum atomic E-state index is -0.598. The van der Waals surface area contributed by atoms with Gasteiger partial charge in [-0.2, -0.15) is 5.26 Å². The number of nitriles is 1. The summed E-state index contributed by atoms with van der Waals surface area (Å²) in [7, 11) is 3.88. The molecule has 1 aliphatic heterocycles. The lowest BCUT2D eigenvalue weighted by Gasteiger charge is -2.27. The molecule has 0 fully saturated rings. The fourth-order valence-corrected chi connectivity index (χ4v) is 2.65. The SMILES string of the molecule is CCOC(=O)C1=C(C)OC(N)=C(C#N)C1c1ccc(N(C)C)cc1. The number of carbonyl (C=O) groups excluding carboxylic acids is 1. The molecule has 0 bridgehead atoms. The van der Waals surface area contributed by atoms with E-state index in [-0.39, 0.29) is 18.1 Å². The highest BCUT2D eigenvalue weighted by molar-refractivity contribution is 5.92. The number of hydrogen-bond donors (Lipinski definition) is 1. The van der Waals surface area contributed by atoms with Crippen LogP contribution in [0.25, 0.3) is 0 Å². The maximum absolute atomic E-state index is 12.4. The molecule has 1 aromatic carbocycles. The molecule has 0 radical (unpaired) electrons. The van der Waals surface area contributed by atoms with Crippen molar-refractivity contribution in [2.75, 3.05) is 25.6 Å². The minimum Gasteiger partial charge on any atom is -0.463 e. The number of carbonyl (C=O) groups is 1. The molecular weight excluding hydrogens is 306 g/mol. The standard InChI is InChI=1S/C18H21N3O3/c1-5-23-18(22)15-11(2)24-17(20)14(10-19)16(15)12-6-8-13(9-7-12)21(3)4/h6-9,16H,5,20H2,1-4H3. The van der Waals surface area contributed by atoms with Gasteiger partial charge in [-0.3, -0.25) is 0 Å². The van der Waals surface area contributed by atoms with Gasteiger partial charge in [-0.1, -0.05) is 12.1 Å². The first kappa shape index (κ1) is 17.4. The van der Waals surface area contributed by atoms with Crippen LogP contribution in [-0.4, -0.2) is 26.7 Å². The van der Waals surface area contributed by atoms with Gasteiger partial charge in [0.1, 0.15) is 17.4 Å². The topological polar surface area (TPSA) is 88.6 Å². The van der Waals surface area contributed by atoms with Gasteiger partial charge in [0.2, 0.25) is 5.88 Å². The molecule has 0 aromatic heterocycles. The summed E-state index contributed by atoms with van der Waals surface area (Å²) in [6.07, 6.45) is 0. The van der Waals surface area contributed by atoms with Crippen LogP contribution in [0.1, 0.15) is 25.3 Å². The summed E-state index contributed by atoms with van der Waals surface area (Å²) < 4.78 is 10.5. The number of hydrogen-bond acceptors (Lipinski definition) is 6. The van der Waals surface area contributed by atoms with Crippen molar-refractivity contribution in [3.05, 3.63) is 52.6 Å². The predicted molar refractivity (Wildman–Crippen MR) is 90.8 cm³/mol. The first-order valence-electron chi connectivity index (χ1n) is 7.63. The number of nitrogens with two attached hydrogens (primary N) is 1. The first-order chi connectivity index (χ1) is 11.4. The van der Waals surface area contributed by atoms with Crippen molar-refractivity contribution in [3.63, 3.8) is 0 Å². The van der Waals surface area contributed by atoms with E-state index >= 15 is 0 Å². The summed E-state index contributed by atoms with van der Waals surface area (Å²) in [6, 6.07) is 9.67. The Bertz CT molecular complexity index is 740. The van der Waals surface area contributed by atoms with E-state index in [1.807, 2.05) is 43.3 Å². The van der Waals surface area contributed by atoms with E-state index in [4.69, 9.17) is 15.2 Å². The van der Waals surface area contributed by atoms with E-state index in [1.54, 1.807) is 13.8 Å². The molecule has 1 heterocycles. The van der Waals surface area contributed by atoms with Crippen molar-refractivity contribution in [2.24, 2.45) is 5.73 Å². The van der Waals surface area contributed by atoms with E-state index in [0.29, 0.717) is 11.3 Å². The smallest absolute Gasteiger partial charge is 0.338 e. The Morgan fingerprint density at radius 2 is 2.00 bits per heavy atom. The van der Waals surface area contributed by atoms with E-state index in [9.17, 15) is 10.1 Å². The normalized spacial score (nSPS) is 17.2. The van der Waals surface area contributed by atoms with E-state index < -0.39 is 11.9 Å². The molecule has 6 nitrogen and oxygen atoms in total. The van der Waals surface area contributed by atoms with E-state index in [1.165, 1.54) is 0 Å². The molecule has 0 spiro atoms. The number of rotatable bonds is 4. The molecule has 2 N–H and O–H groups in total. The number of ether oxygens (including phenoxy) is 2. The van der Waals surface area contributed by atoms with Gasteiger partial charge in [0, 0.05) is 19.8 Å². The lowest BCUT2D eigenvalue weighted by Crippen LogP contribution is -2.25. The van der Waals surface area contributed by atoms with Crippen molar-refractivity contribution in [2.45, 2.75) is 19.8 Å². The minimum absolute atomic E-state index is 0.0183. The molecule has 1 aliphatic rings. The largest absolute Gasteiger partial charge is 0.463 e. The second-order valence-corrected chi connectivity index (χ2v) is 5.60. The lowest BCUT2D eigenvalue weighted by atomic mass is 9.83. The van der Waals surface area contributed by atoms with Gasteiger partial charge >= 0.3 is 5.97 Å². The van der Waals surface area contributed by atoms with Gasteiger partial charge in [0.25, 0.3) is 0 Å². The van der Waals surface area contributed by atoms with Crippen molar-refractivity contribution >= 4 is 11.7 Å². The molecule has 0 saturated carbocycles. The van der Waals surface area contributed by atoms with Gasteiger partial charge < -0.3 is 20.1 Å². The number of allylic oxidation sites excluding steroid dienone is 2. The number of benzene rings is 1. The van der Waals surface area contributed by atoms with Gasteiger partial charge in [-0.05, 0) is 31.5 Å². The number of anilines is 1. The Hall–Kier alpha value is -2.94. The summed E-state index contributed by atoms with van der Waals surface area (Å²) in [5.74, 6) is -0.729. The highest BCUT2D eigenvalue weighted by atomic mass is 16.5. The second-order valence-electron chi connectivity index (χ2n) is 5.60. The lowest BCUT2D eigenvalue weighted by molar-refractivity contribution is -0.139. The summed E-state index contributed by atoms with van der Waals surface area (Å²) in [5.41, 5.74) is 8.17. The molecule has 2 rings (SSSR count). The summed E-state index contributed by atoms with van der Waals surface area (Å²) in [4.78, 5) is 14.4. The third-order valence-electron chi connectivity index (χ3n) is 3.84. The van der Waals surface area contributed by atoms with Gasteiger partial charge in [0.05, 0.1) is 18.1 Å². The summed E-state index contributed by atoms with van der Waals surface area (Å²) in [5, 5.41) is 9.50. The molecule has 1 unspecified atom stereocenters. The molecule has 126 valence electrons. The highest BCUT2D eigenvalue weighted by Crippen LogP contribution is 2.39. The van der Waals surface area contributed by atoms with Gasteiger partial charge in [-0.15, -0.1) is 0 Å². The molecule has 1 atom stereocenters. The maximum Gasteiger partial charge on any atom is 0.338 e. The maximum atomic E-state index is 12.4.